The molecule has 0 aromatic carbocycles. The maximum Gasteiger partial charge on any atom is 0.193 e. The molecule has 4 rings (SSSR count). The van der Waals surface area contributed by atoms with Crippen LogP contribution in [0.3, 0.4) is 0 Å². The van der Waals surface area contributed by atoms with E-state index in [0.29, 0.717) is 6.04 Å². The van der Waals surface area contributed by atoms with Crippen LogP contribution in [0.1, 0.15) is 50.3 Å². The van der Waals surface area contributed by atoms with Crippen molar-refractivity contribution in [2.75, 3.05) is 39.8 Å². The Hall–Kier alpha value is -1.49. The first-order valence-electron chi connectivity index (χ1n) is 10.1. The summed E-state index contributed by atoms with van der Waals surface area (Å²) in [6.07, 6.45) is 10.0. The third-order valence-electron chi connectivity index (χ3n) is 6.39. The largest absolute Gasteiger partial charge is 0.468 e. The van der Waals surface area contributed by atoms with Gasteiger partial charge in [0.25, 0.3) is 0 Å². The number of hydrogen-bond donors (Lipinski definition) is 1. The molecule has 0 amide bonds. The summed E-state index contributed by atoms with van der Waals surface area (Å²) in [5.74, 6) is 3.91. The molecule has 5 nitrogen and oxygen atoms in total. The molecule has 3 fully saturated rings. The third-order valence-corrected chi connectivity index (χ3v) is 6.39. The topological polar surface area (TPSA) is 44.0 Å². The maximum absolute atomic E-state index is 5.74. The number of likely N-dealkylation sites (tertiary alicyclic amines) is 2. The Morgan fingerprint density at radius 2 is 1.92 bits per heavy atom. The van der Waals surface area contributed by atoms with Crippen molar-refractivity contribution < 1.29 is 4.42 Å². The SMILES string of the molecule is CN=C(NCC(c1ccco1)N1CCCC1)N1CC2CCCCC2C1. The molecular formula is C20H32N4O. The lowest BCUT2D eigenvalue weighted by molar-refractivity contribution is 0.214. The normalized spacial score (nSPS) is 29.0. The second kappa shape index (κ2) is 7.81. The zero-order valence-electron chi connectivity index (χ0n) is 15.5. The molecule has 0 radical (unpaired) electrons. The van der Waals surface area contributed by atoms with Gasteiger partial charge in [0.2, 0.25) is 0 Å². The van der Waals surface area contributed by atoms with E-state index in [-0.39, 0.29) is 0 Å². The second-order valence-electron chi connectivity index (χ2n) is 7.91. The second-order valence-corrected chi connectivity index (χ2v) is 7.91. The van der Waals surface area contributed by atoms with E-state index in [1.165, 1.54) is 64.7 Å². The minimum absolute atomic E-state index is 0.305. The van der Waals surface area contributed by atoms with Crippen LogP contribution in [0.2, 0.25) is 0 Å². The smallest absolute Gasteiger partial charge is 0.193 e. The number of nitrogens with zero attached hydrogens (tertiary/aromatic N) is 3. The lowest BCUT2D eigenvalue weighted by Gasteiger charge is -2.28. The first-order valence-corrected chi connectivity index (χ1v) is 10.1. The molecule has 2 aliphatic heterocycles. The Morgan fingerprint density at radius 3 is 2.52 bits per heavy atom. The van der Waals surface area contributed by atoms with Crippen molar-refractivity contribution in [1.82, 2.24) is 15.1 Å². The van der Waals surface area contributed by atoms with Crippen LogP contribution in [0, 0.1) is 11.8 Å². The average Bonchev–Trinajstić information content (AvgIpc) is 3.40. The maximum atomic E-state index is 5.74. The van der Waals surface area contributed by atoms with Crippen molar-refractivity contribution >= 4 is 5.96 Å². The van der Waals surface area contributed by atoms with E-state index in [2.05, 4.69) is 26.2 Å². The fourth-order valence-corrected chi connectivity index (χ4v) is 5.04. The molecule has 3 atom stereocenters. The highest BCUT2D eigenvalue weighted by Crippen LogP contribution is 2.36. The van der Waals surface area contributed by atoms with Crippen LogP contribution in [0.25, 0.3) is 0 Å². The number of fused-ring (bicyclic) bond motifs is 1. The van der Waals surface area contributed by atoms with Crippen molar-refractivity contribution in [3.8, 4) is 0 Å². The van der Waals surface area contributed by atoms with Crippen LogP contribution >= 0.6 is 0 Å². The van der Waals surface area contributed by atoms with E-state index in [1.807, 2.05) is 13.1 Å². The monoisotopic (exact) mass is 344 g/mol. The van der Waals surface area contributed by atoms with E-state index < -0.39 is 0 Å². The Morgan fingerprint density at radius 1 is 1.20 bits per heavy atom. The van der Waals surface area contributed by atoms with Gasteiger partial charge in [0.15, 0.2) is 5.96 Å². The summed E-state index contributed by atoms with van der Waals surface area (Å²) < 4.78 is 5.74. The van der Waals surface area contributed by atoms with Gasteiger partial charge < -0.3 is 14.6 Å². The predicted octanol–water partition coefficient (Wildman–Crippen LogP) is 3.11. The molecule has 1 saturated carbocycles. The van der Waals surface area contributed by atoms with Crippen molar-refractivity contribution in [2.24, 2.45) is 16.8 Å². The van der Waals surface area contributed by atoms with Crippen molar-refractivity contribution in [3.63, 3.8) is 0 Å². The highest BCUT2D eigenvalue weighted by Gasteiger charge is 2.36. The van der Waals surface area contributed by atoms with Gasteiger partial charge in [0, 0.05) is 26.7 Å². The lowest BCUT2D eigenvalue weighted by atomic mass is 9.82. The number of nitrogens with one attached hydrogen (secondary N) is 1. The molecule has 3 heterocycles. The Labute approximate surface area is 151 Å². The van der Waals surface area contributed by atoms with E-state index in [9.17, 15) is 0 Å². The molecule has 3 aliphatic rings. The lowest BCUT2D eigenvalue weighted by Crippen LogP contribution is -2.44. The van der Waals surface area contributed by atoms with Crippen LogP contribution < -0.4 is 5.32 Å². The van der Waals surface area contributed by atoms with Gasteiger partial charge in [-0.3, -0.25) is 9.89 Å². The van der Waals surface area contributed by atoms with Gasteiger partial charge >= 0.3 is 0 Å². The number of furan rings is 1. The fraction of sp³-hybridized carbons (Fsp3) is 0.750. The molecule has 5 heteroatoms. The first-order chi connectivity index (χ1) is 12.3. The fourth-order valence-electron chi connectivity index (χ4n) is 5.04. The van der Waals surface area contributed by atoms with Crippen LogP contribution in [0.4, 0.5) is 0 Å². The van der Waals surface area contributed by atoms with Crippen molar-refractivity contribution in [1.29, 1.82) is 0 Å². The standard InChI is InChI=1S/C20H32N4O/c1-21-20(24-14-16-7-2-3-8-17(16)15-24)22-13-18(19-9-6-12-25-19)23-10-4-5-11-23/h6,9,12,16-18H,2-5,7-8,10-11,13-15H2,1H3,(H,21,22). The summed E-state index contributed by atoms with van der Waals surface area (Å²) in [4.78, 5) is 9.62. The molecule has 1 N–H and O–H groups in total. The van der Waals surface area contributed by atoms with Crippen LogP contribution in [-0.4, -0.2) is 55.5 Å². The summed E-state index contributed by atoms with van der Waals surface area (Å²) >= 11 is 0. The molecule has 3 unspecified atom stereocenters. The molecule has 0 bridgehead atoms. The summed E-state index contributed by atoms with van der Waals surface area (Å²) in [7, 11) is 1.92. The van der Waals surface area contributed by atoms with Gasteiger partial charge in [-0.25, -0.2) is 0 Å². The van der Waals surface area contributed by atoms with Crippen molar-refractivity contribution in [2.45, 2.75) is 44.6 Å². The molecule has 138 valence electrons. The number of rotatable bonds is 4. The van der Waals surface area contributed by atoms with Gasteiger partial charge in [-0.05, 0) is 62.7 Å². The predicted molar refractivity (Wildman–Crippen MR) is 101 cm³/mol. The Kier molecular flexibility index (Phi) is 5.30. The average molecular weight is 345 g/mol. The number of guanidine groups is 1. The first kappa shape index (κ1) is 17.0. The Bertz CT molecular complexity index is 550. The van der Waals surface area contributed by atoms with E-state index in [4.69, 9.17) is 4.42 Å². The summed E-state index contributed by atoms with van der Waals surface area (Å²) in [6, 6.07) is 4.41. The van der Waals surface area contributed by atoms with E-state index >= 15 is 0 Å². The van der Waals surface area contributed by atoms with Gasteiger partial charge in [0.05, 0.1) is 12.3 Å². The Balaban J connectivity index is 1.39. The van der Waals surface area contributed by atoms with Crippen molar-refractivity contribution in [3.05, 3.63) is 24.2 Å². The number of hydrogen-bond acceptors (Lipinski definition) is 3. The molecule has 25 heavy (non-hydrogen) atoms. The van der Waals surface area contributed by atoms with Crippen LogP contribution in [0.15, 0.2) is 27.8 Å². The molecule has 1 aliphatic carbocycles. The zero-order chi connectivity index (χ0) is 17.1. The van der Waals surface area contributed by atoms with Crippen LogP contribution in [-0.2, 0) is 0 Å². The van der Waals surface area contributed by atoms with Gasteiger partial charge in [0.1, 0.15) is 5.76 Å². The van der Waals surface area contributed by atoms with Gasteiger partial charge in [-0.1, -0.05) is 12.8 Å². The van der Waals surface area contributed by atoms with E-state index in [0.717, 1.165) is 30.1 Å². The zero-order valence-corrected chi connectivity index (χ0v) is 15.5. The molecule has 0 spiro atoms. The molecule has 2 saturated heterocycles. The highest BCUT2D eigenvalue weighted by molar-refractivity contribution is 5.80. The molecular weight excluding hydrogens is 312 g/mol. The molecule has 1 aromatic rings. The van der Waals surface area contributed by atoms with E-state index in [1.54, 1.807) is 6.26 Å². The number of aliphatic imine (C=N–C) groups is 1. The third kappa shape index (κ3) is 3.71. The van der Waals surface area contributed by atoms with Gasteiger partial charge in [-0.15, -0.1) is 0 Å². The van der Waals surface area contributed by atoms with Gasteiger partial charge in [-0.2, -0.15) is 0 Å². The summed E-state index contributed by atoms with van der Waals surface area (Å²) in [5, 5.41) is 3.66. The summed E-state index contributed by atoms with van der Waals surface area (Å²) in [5.41, 5.74) is 0. The van der Waals surface area contributed by atoms with Crippen LogP contribution in [0.5, 0.6) is 0 Å². The summed E-state index contributed by atoms with van der Waals surface area (Å²) in [6.45, 7) is 5.56. The quantitative estimate of drug-likeness (QED) is 0.673. The molecule has 1 aromatic heterocycles. The minimum atomic E-state index is 0.305. The minimum Gasteiger partial charge on any atom is -0.468 e. The highest BCUT2D eigenvalue weighted by atomic mass is 16.3.